The summed E-state index contributed by atoms with van der Waals surface area (Å²) < 4.78 is 25.6. The standard InChI is InChI=1S/C14H22N2O2S/c1-11-4-5-16-9-13(15-14(16)7-11)8-12-3-2-6-19(17,18)10-12/h9,11-12H,2-8,10H2,1H3. The van der Waals surface area contributed by atoms with E-state index in [0.29, 0.717) is 11.5 Å². The van der Waals surface area contributed by atoms with Crippen molar-refractivity contribution >= 4 is 9.84 Å². The van der Waals surface area contributed by atoms with Crippen molar-refractivity contribution in [2.75, 3.05) is 11.5 Å². The van der Waals surface area contributed by atoms with E-state index in [2.05, 4.69) is 17.7 Å². The predicted octanol–water partition coefficient (Wildman–Crippen LogP) is 1.83. The molecular weight excluding hydrogens is 260 g/mol. The minimum atomic E-state index is -2.80. The lowest BCUT2D eigenvalue weighted by Crippen LogP contribution is -2.26. The van der Waals surface area contributed by atoms with Crippen molar-refractivity contribution in [1.82, 2.24) is 9.55 Å². The molecule has 0 bridgehead atoms. The van der Waals surface area contributed by atoms with Crippen molar-refractivity contribution in [2.45, 2.75) is 45.6 Å². The van der Waals surface area contributed by atoms with Gasteiger partial charge in [-0.2, -0.15) is 0 Å². The summed E-state index contributed by atoms with van der Waals surface area (Å²) >= 11 is 0. The summed E-state index contributed by atoms with van der Waals surface area (Å²) in [5.74, 6) is 2.91. The van der Waals surface area contributed by atoms with Gasteiger partial charge in [0.15, 0.2) is 9.84 Å². The van der Waals surface area contributed by atoms with E-state index in [1.165, 1.54) is 12.2 Å². The van der Waals surface area contributed by atoms with Crippen molar-refractivity contribution in [1.29, 1.82) is 0 Å². The molecule has 5 heteroatoms. The van der Waals surface area contributed by atoms with Gasteiger partial charge >= 0.3 is 0 Å². The van der Waals surface area contributed by atoms with Crippen LogP contribution in [0.15, 0.2) is 6.20 Å². The summed E-state index contributed by atoms with van der Waals surface area (Å²) in [5, 5.41) is 0. The van der Waals surface area contributed by atoms with Gasteiger partial charge in [-0.05, 0) is 37.5 Å². The second-order valence-corrected chi connectivity index (χ2v) is 8.50. The van der Waals surface area contributed by atoms with Crippen LogP contribution in [0.2, 0.25) is 0 Å². The molecule has 0 saturated carbocycles. The molecule has 0 N–H and O–H groups in total. The highest BCUT2D eigenvalue weighted by molar-refractivity contribution is 7.91. The summed E-state index contributed by atoms with van der Waals surface area (Å²) in [6, 6.07) is 0. The molecule has 1 aromatic heterocycles. The Morgan fingerprint density at radius 2 is 2.26 bits per heavy atom. The minimum Gasteiger partial charge on any atom is -0.335 e. The van der Waals surface area contributed by atoms with Crippen LogP contribution in [0.4, 0.5) is 0 Å². The average molecular weight is 282 g/mol. The van der Waals surface area contributed by atoms with Gasteiger partial charge in [-0.1, -0.05) is 6.92 Å². The normalized spacial score (nSPS) is 29.9. The van der Waals surface area contributed by atoms with Crippen LogP contribution in [-0.2, 0) is 29.2 Å². The Labute approximate surface area is 115 Å². The first-order chi connectivity index (χ1) is 9.02. The molecule has 106 valence electrons. The van der Waals surface area contributed by atoms with E-state index in [-0.39, 0.29) is 5.92 Å². The fraction of sp³-hybridized carbons (Fsp3) is 0.786. The molecule has 2 aliphatic heterocycles. The summed E-state index contributed by atoms with van der Waals surface area (Å²) in [7, 11) is -2.80. The molecule has 3 rings (SSSR count). The molecule has 0 amide bonds. The Bertz CT molecular complexity index is 562. The molecule has 2 atom stereocenters. The van der Waals surface area contributed by atoms with Crippen molar-refractivity contribution < 1.29 is 8.42 Å². The molecule has 2 unspecified atom stereocenters. The molecule has 0 aromatic carbocycles. The smallest absolute Gasteiger partial charge is 0.150 e. The van der Waals surface area contributed by atoms with E-state index < -0.39 is 9.84 Å². The molecule has 1 aromatic rings. The van der Waals surface area contributed by atoms with Gasteiger partial charge in [0.1, 0.15) is 5.82 Å². The third-order valence-electron chi connectivity index (χ3n) is 4.36. The predicted molar refractivity (Wildman–Crippen MR) is 74.8 cm³/mol. The highest BCUT2D eigenvalue weighted by Gasteiger charge is 2.26. The van der Waals surface area contributed by atoms with Gasteiger partial charge in [-0.15, -0.1) is 0 Å². The molecule has 1 fully saturated rings. The highest BCUT2D eigenvalue weighted by atomic mass is 32.2. The van der Waals surface area contributed by atoms with Crippen molar-refractivity contribution in [3.05, 3.63) is 17.7 Å². The second kappa shape index (κ2) is 4.93. The van der Waals surface area contributed by atoms with Crippen LogP contribution in [0.3, 0.4) is 0 Å². The first-order valence-electron chi connectivity index (χ1n) is 7.27. The topological polar surface area (TPSA) is 52.0 Å². The lowest BCUT2D eigenvalue weighted by atomic mass is 10.00. The maximum atomic E-state index is 11.7. The number of fused-ring (bicyclic) bond motifs is 1. The average Bonchev–Trinajstić information content (AvgIpc) is 2.68. The second-order valence-electron chi connectivity index (χ2n) is 6.27. The maximum Gasteiger partial charge on any atom is 0.150 e. The van der Waals surface area contributed by atoms with Gasteiger partial charge in [0.05, 0.1) is 17.2 Å². The molecule has 0 aliphatic carbocycles. The molecule has 2 aliphatic rings. The molecular formula is C14H22N2O2S. The third kappa shape index (κ3) is 3.02. The van der Waals surface area contributed by atoms with Crippen LogP contribution >= 0.6 is 0 Å². The number of aryl methyl sites for hydroxylation is 1. The van der Waals surface area contributed by atoms with Crippen molar-refractivity contribution in [3.63, 3.8) is 0 Å². The Hall–Kier alpha value is -0.840. The minimum absolute atomic E-state index is 0.271. The van der Waals surface area contributed by atoms with Crippen LogP contribution in [0.1, 0.15) is 37.7 Å². The first kappa shape index (κ1) is 13.2. The summed E-state index contributed by atoms with van der Waals surface area (Å²) in [6.07, 6.45) is 7.09. The number of rotatable bonds is 2. The monoisotopic (exact) mass is 282 g/mol. The van der Waals surface area contributed by atoms with Gasteiger partial charge in [-0.3, -0.25) is 0 Å². The van der Waals surface area contributed by atoms with E-state index in [1.807, 2.05) is 0 Å². The third-order valence-corrected chi connectivity index (χ3v) is 6.25. The maximum absolute atomic E-state index is 11.7. The van der Waals surface area contributed by atoms with E-state index in [0.717, 1.165) is 43.8 Å². The zero-order valence-corrected chi connectivity index (χ0v) is 12.3. The molecule has 4 nitrogen and oxygen atoms in total. The van der Waals surface area contributed by atoms with Crippen LogP contribution in [-0.4, -0.2) is 29.5 Å². The molecule has 19 heavy (non-hydrogen) atoms. The Balaban J connectivity index is 1.70. The molecule has 3 heterocycles. The largest absolute Gasteiger partial charge is 0.335 e. The SMILES string of the molecule is CC1CCn2cc(CC3CCCS(=O)(=O)C3)nc2C1. The van der Waals surface area contributed by atoms with Gasteiger partial charge in [0.25, 0.3) is 0 Å². The van der Waals surface area contributed by atoms with Crippen LogP contribution in [0.25, 0.3) is 0 Å². The zero-order valence-electron chi connectivity index (χ0n) is 11.5. The number of nitrogens with zero attached hydrogens (tertiary/aromatic N) is 2. The summed E-state index contributed by atoms with van der Waals surface area (Å²) in [5.41, 5.74) is 1.09. The van der Waals surface area contributed by atoms with E-state index in [9.17, 15) is 8.42 Å². The van der Waals surface area contributed by atoms with Crippen LogP contribution < -0.4 is 0 Å². The van der Waals surface area contributed by atoms with Crippen molar-refractivity contribution in [3.8, 4) is 0 Å². The van der Waals surface area contributed by atoms with Gasteiger partial charge in [0, 0.05) is 19.2 Å². The lowest BCUT2D eigenvalue weighted by molar-refractivity contribution is 0.409. The van der Waals surface area contributed by atoms with E-state index in [1.54, 1.807) is 0 Å². The Morgan fingerprint density at radius 3 is 3.05 bits per heavy atom. The first-order valence-corrected chi connectivity index (χ1v) is 9.09. The molecule has 0 radical (unpaired) electrons. The number of hydrogen-bond acceptors (Lipinski definition) is 3. The quantitative estimate of drug-likeness (QED) is 0.831. The van der Waals surface area contributed by atoms with E-state index >= 15 is 0 Å². The fourth-order valence-electron chi connectivity index (χ4n) is 3.32. The Kier molecular flexibility index (Phi) is 3.41. The Morgan fingerprint density at radius 1 is 1.42 bits per heavy atom. The number of aromatic nitrogens is 2. The summed E-state index contributed by atoms with van der Waals surface area (Å²) in [6.45, 7) is 3.33. The van der Waals surface area contributed by atoms with E-state index in [4.69, 9.17) is 4.98 Å². The lowest BCUT2D eigenvalue weighted by Gasteiger charge is -2.20. The number of sulfone groups is 1. The number of hydrogen-bond donors (Lipinski definition) is 0. The van der Waals surface area contributed by atoms with Crippen LogP contribution in [0, 0.1) is 11.8 Å². The van der Waals surface area contributed by atoms with Crippen LogP contribution in [0.5, 0.6) is 0 Å². The zero-order chi connectivity index (χ0) is 13.5. The van der Waals surface area contributed by atoms with Gasteiger partial charge in [-0.25, -0.2) is 13.4 Å². The summed E-state index contributed by atoms with van der Waals surface area (Å²) in [4.78, 5) is 4.71. The molecule has 1 saturated heterocycles. The van der Waals surface area contributed by atoms with Gasteiger partial charge in [0.2, 0.25) is 0 Å². The van der Waals surface area contributed by atoms with Crippen molar-refractivity contribution in [2.24, 2.45) is 11.8 Å². The highest BCUT2D eigenvalue weighted by Crippen LogP contribution is 2.24. The molecule has 0 spiro atoms. The number of imidazole rings is 1. The fourth-order valence-corrected chi connectivity index (χ4v) is 5.09. The van der Waals surface area contributed by atoms with Gasteiger partial charge < -0.3 is 4.57 Å².